The van der Waals surface area contributed by atoms with Crippen molar-refractivity contribution in [2.24, 2.45) is 5.22 Å². The Hall–Kier alpha value is -2.60. The first-order valence-electron chi connectivity index (χ1n) is 3.92. The van der Waals surface area contributed by atoms with Gasteiger partial charge in [0.25, 0.3) is 0 Å². The quantitative estimate of drug-likeness (QED) is 0.574. The minimum atomic E-state index is 0.118. The Morgan fingerprint density at radius 2 is 2.00 bits per heavy atom. The molecule has 6 heteroatoms. The molecule has 0 bridgehead atoms. The molecule has 15 heavy (non-hydrogen) atoms. The van der Waals surface area contributed by atoms with Crippen molar-refractivity contribution in [3.05, 3.63) is 23.3 Å². The summed E-state index contributed by atoms with van der Waals surface area (Å²) in [5.41, 5.74) is 9.51. The topological polar surface area (TPSA) is 105 Å². The van der Waals surface area contributed by atoms with E-state index in [1.807, 2.05) is 12.1 Å². The van der Waals surface area contributed by atoms with E-state index in [0.29, 0.717) is 11.4 Å². The second-order valence-corrected chi connectivity index (χ2v) is 2.51. The summed E-state index contributed by atoms with van der Waals surface area (Å²) in [6.45, 7) is 0. The summed E-state index contributed by atoms with van der Waals surface area (Å²) in [5, 5.41) is 20.7. The number of nitrogens with one attached hydrogen (secondary N) is 2. The number of hydrogen-bond acceptors (Lipinski definition) is 5. The summed E-state index contributed by atoms with van der Waals surface area (Å²) >= 11 is 0. The number of benzene rings is 1. The largest absolute Gasteiger partial charge is 0.495 e. The molecule has 0 aliphatic carbocycles. The maximum absolute atomic E-state index is 8.88. The molecule has 0 aliphatic heterocycles. The lowest BCUT2D eigenvalue weighted by Crippen LogP contribution is -1.97. The van der Waals surface area contributed by atoms with E-state index in [4.69, 9.17) is 20.8 Å². The van der Waals surface area contributed by atoms with Crippen molar-refractivity contribution in [3.8, 4) is 17.9 Å². The molecule has 6 nitrogen and oxygen atoms in total. The van der Waals surface area contributed by atoms with Gasteiger partial charge < -0.3 is 4.74 Å². The van der Waals surface area contributed by atoms with Crippen LogP contribution in [0.15, 0.2) is 17.4 Å². The van der Waals surface area contributed by atoms with Crippen molar-refractivity contribution in [3.63, 3.8) is 0 Å². The molecule has 0 unspecified atom stereocenters. The van der Waals surface area contributed by atoms with Gasteiger partial charge in [0.1, 0.15) is 23.5 Å². The SMILES string of the molecule is COc1ccc(NN=N)c(C#N)c1C#N. The second kappa shape index (κ2) is 4.58. The summed E-state index contributed by atoms with van der Waals surface area (Å²) in [5.74, 6) is 0.324. The summed E-state index contributed by atoms with van der Waals surface area (Å²) in [7, 11) is 1.42. The smallest absolute Gasteiger partial charge is 0.138 e. The number of methoxy groups -OCH3 is 1. The molecule has 0 saturated carbocycles. The number of nitriles is 2. The van der Waals surface area contributed by atoms with Crippen LogP contribution in [0.25, 0.3) is 0 Å². The lowest BCUT2D eigenvalue weighted by Gasteiger charge is -2.07. The predicted molar refractivity (Wildman–Crippen MR) is 51.2 cm³/mol. The van der Waals surface area contributed by atoms with E-state index < -0.39 is 0 Å². The van der Waals surface area contributed by atoms with E-state index in [1.54, 1.807) is 0 Å². The van der Waals surface area contributed by atoms with Gasteiger partial charge >= 0.3 is 0 Å². The lowest BCUT2D eigenvalue weighted by atomic mass is 10.1. The predicted octanol–water partition coefficient (Wildman–Crippen LogP) is 1.80. The molecule has 0 spiro atoms. The summed E-state index contributed by atoms with van der Waals surface area (Å²) in [6.07, 6.45) is 0. The van der Waals surface area contributed by atoms with Gasteiger partial charge in [-0.05, 0) is 12.1 Å². The molecular formula is C9H7N5O. The average molecular weight is 201 g/mol. The van der Waals surface area contributed by atoms with Gasteiger partial charge in [-0.2, -0.15) is 16.1 Å². The van der Waals surface area contributed by atoms with Gasteiger partial charge in [0.15, 0.2) is 0 Å². The van der Waals surface area contributed by atoms with Crippen LogP contribution in [0.1, 0.15) is 11.1 Å². The average Bonchev–Trinajstić information content (AvgIpc) is 2.28. The fraction of sp³-hybridized carbons (Fsp3) is 0.111. The zero-order chi connectivity index (χ0) is 11.3. The van der Waals surface area contributed by atoms with E-state index in [-0.39, 0.29) is 11.1 Å². The first-order chi connectivity index (χ1) is 7.28. The Kier molecular flexibility index (Phi) is 3.20. The summed E-state index contributed by atoms with van der Waals surface area (Å²) in [6, 6.07) is 6.80. The maximum atomic E-state index is 8.88. The van der Waals surface area contributed by atoms with Crippen LogP contribution >= 0.6 is 0 Å². The molecular weight excluding hydrogens is 194 g/mol. The van der Waals surface area contributed by atoms with Gasteiger partial charge in [0.2, 0.25) is 0 Å². The van der Waals surface area contributed by atoms with E-state index >= 15 is 0 Å². The molecule has 74 valence electrons. The highest BCUT2D eigenvalue weighted by Gasteiger charge is 2.13. The summed E-state index contributed by atoms with van der Waals surface area (Å²) < 4.78 is 4.93. The molecule has 1 aromatic rings. The number of anilines is 1. The molecule has 0 fully saturated rings. The van der Waals surface area contributed by atoms with Crippen LogP contribution in [-0.2, 0) is 0 Å². The zero-order valence-electron chi connectivity index (χ0n) is 7.90. The highest BCUT2D eigenvalue weighted by molar-refractivity contribution is 5.67. The van der Waals surface area contributed by atoms with Crippen LogP contribution in [-0.4, -0.2) is 7.11 Å². The van der Waals surface area contributed by atoms with Crippen LogP contribution in [0.4, 0.5) is 5.69 Å². The van der Waals surface area contributed by atoms with Gasteiger partial charge in [0, 0.05) is 0 Å². The highest BCUT2D eigenvalue weighted by Crippen LogP contribution is 2.27. The molecule has 0 aliphatic rings. The maximum Gasteiger partial charge on any atom is 0.138 e. The van der Waals surface area contributed by atoms with E-state index in [1.165, 1.54) is 19.2 Å². The Balaban J connectivity index is 3.44. The number of nitrogens with zero attached hydrogens (tertiary/aromatic N) is 3. The monoisotopic (exact) mass is 201 g/mol. The Morgan fingerprint density at radius 3 is 2.47 bits per heavy atom. The van der Waals surface area contributed by atoms with Crippen molar-refractivity contribution >= 4 is 5.69 Å². The highest BCUT2D eigenvalue weighted by atomic mass is 16.5. The van der Waals surface area contributed by atoms with Crippen molar-refractivity contribution < 1.29 is 4.74 Å². The van der Waals surface area contributed by atoms with Gasteiger partial charge in [-0.3, -0.25) is 5.43 Å². The van der Waals surface area contributed by atoms with Crippen LogP contribution < -0.4 is 10.2 Å². The lowest BCUT2D eigenvalue weighted by molar-refractivity contribution is 0.413. The normalized spacial score (nSPS) is 8.47. The van der Waals surface area contributed by atoms with Gasteiger partial charge in [-0.15, -0.1) is 0 Å². The Morgan fingerprint density at radius 1 is 1.33 bits per heavy atom. The molecule has 2 N–H and O–H groups in total. The number of hydrogen-bond donors (Lipinski definition) is 2. The van der Waals surface area contributed by atoms with Gasteiger partial charge in [0.05, 0.1) is 18.4 Å². The van der Waals surface area contributed by atoms with Crippen LogP contribution in [0.2, 0.25) is 0 Å². The third kappa shape index (κ3) is 1.84. The summed E-state index contributed by atoms with van der Waals surface area (Å²) in [4.78, 5) is 0. The minimum Gasteiger partial charge on any atom is -0.495 e. The van der Waals surface area contributed by atoms with Crippen LogP contribution in [0.5, 0.6) is 5.75 Å². The third-order valence-corrected chi connectivity index (χ3v) is 1.79. The molecule has 0 amide bonds. The van der Waals surface area contributed by atoms with E-state index in [9.17, 15) is 0 Å². The van der Waals surface area contributed by atoms with Crippen molar-refractivity contribution in [2.45, 2.75) is 0 Å². The molecule has 0 radical (unpaired) electrons. The zero-order valence-corrected chi connectivity index (χ0v) is 7.90. The molecule has 0 heterocycles. The molecule has 1 aromatic carbocycles. The van der Waals surface area contributed by atoms with Gasteiger partial charge in [-0.1, -0.05) is 5.22 Å². The number of rotatable bonds is 3. The minimum absolute atomic E-state index is 0.118. The standard InChI is InChI=1S/C9H7N5O/c1-15-9-3-2-8(13-14-12)6(4-10)7(9)5-11/h2-3H,1H3,(H2,12,13). The Labute approximate surface area is 86.2 Å². The molecule has 0 saturated heterocycles. The van der Waals surface area contributed by atoms with Crippen LogP contribution in [0.3, 0.4) is 0 Å². The number of ether oxygens (including phenoxy) is 1. The van der Waals surface area contributed by atoms with Gasteiger partial charge in [-0.25, -0.2) is 0 Å². The second-order valence-electron chi connectivity index (χ2n) is 2.51. The van der Waals surface area contributed by atoms with Crippen molar-refractivity contribution in [1.29, 1.82) is 16.1 Å². The molecule has 1 rings (SSSR count). The Bertz CT molecular complexity index is 469. The van der Waals surface area contributed by atoms with Crippen LogP contribution in [0, 0.1) is 28.2 Å². The van der Waals surface area contributed by atoms with Crippen molar-refractivity contribution in [2.75, 3.05) is 12.5 Å². The fourth-order valence-corrected chi connectivity index (χ4v) is 1.13. The van der Waals surface area contributed by atoms with E-state index in [0.717, 1.165) is 0 Å². The first kappa shape index (κ1) is 10.5. The third-order valence-electron chi connectivity index (χ3n) is 1.79. The first-order valence-corrected chi connectivity index (χ1v) is 3.92. The van der Waals surface area contributed by atoms with Crippen molar-refractivity contribution in [1.82, 2.24) is 0 Å². The molecule has 0 aromatic heterocycles. The van der Waals surface area contributed by atoms with E-state index in [2.05, 4.69) is 10.6 Å². The molecule has 0 atom stereocenters. The fourth-order valence-electron chi connectivity index (χ4n) is 1.13.